The van der Waals surface area contributed by atoms with Crippen LogP contribution in [0.15, 0.2) is 12.2 Å². The minimum atomic E-state index is -0.762. The molecule has 1 unspecified atom stereocenters. The molecule has 0 aromatic rings. The fraction of sp³-hybridized carbons (Fsp3) is 0.878. The molecule has 0 aliphatic rings. The van der Waals surface area contributed by atoms with Gasteiger partial charge in [0, 0.05) is 19.3 Å². The zero-order chi connectivity index (χ0) is 34.5. The van der Waals surface area contributed by atoms with E-state index in [1.54, 1.807) is 0 Å². The minimum Gasteiger partial charge on any atom is -0.462 e. The largest absolute Gasteiger partial charge is 0.462 e. The quantitative estimate of drug-likeness (QED) is 0.0287. The van der Waals surface area contributed by atoms with Crippen molar-refractivity contribution >= 4 is 17.9 Å². The minimum absolute atomic E-state index is 0.0695. The Bertz CT molecular complexity index is 733. The summed E-state index contributed by atoms with van der Waals surface area (Å²) in [5, 5.41) is 0. The molecule has 0 aromatic carbocycles. The summed E-state index contributed by atoms with van der Waals surface area (Å²) >= 11 is 0. The first-order valence-corrected chi connectivity index (χ1v) is 20.2. The Morgan fingerprint density at radius 1 is 0.404 bits per heavy atom. The van der Waals surface area contributed by atoms with Gasteiger partial charge in [-0.15, -0.1) is 0 Å². The molecular formula is C41H76O6. The van der Waals surface area contributed by atoms with Gasteiger partial charge in [-0.3, -0.25) is 14.4 Å². The van der Waals surface area contributed by atoms with Gasteiger partial charge in [-0.2, -0.15) is 0 Å². The topological polar surface area (TPSA) is 78.9 Å². The van der Waals surface area contributed by atoms with E-state index in [0.717, 1.165) is 64.2 Å². The number of rotatable bonds is 36. The van der Waals surface area contributed by atoms with Crippen LogP contribution in [0, 0.1) is 0 Å². The molecule has 0 saturated carbocycles. The standard InChI is InChI=1S/C41H76O6/c1-4-7-10-13-16-19-20-23-25-28-31-34-40(43)46-37-38(47-41(44)35-32-29-26-22-18-15-12-9-6-3)36-45-39(42)33-30-27-24-21-17-14-11-8-5-2/h13,16,38H,4-12,14-15,17-37H2,1-3H3/b16-13-. The molecule has 0 aromatic heterocycles. The molecular weight excluding hydrogens is 588 g/mol. The molecule has 0 spiro atoms. The fourth-order valence-corrected chi connectivity index (χ4v) is 5.66. The highest BCUT2D eigenvalue weighted by Crippen LogP contribution is 2.14. The SMILES string of the molecule is CCCC/C=C\CCCCCCCC(=O)OCC(COC(=O)CCCCCCCCCCC)OC(=O)CCCCCCCCCCC. The maximum atomic E-state index is 12.6. The molecule has 0 heterocycles. The lowest BCUT2D eigenvalue weighted by Crippen LogP contribution is -2.30. The number of carbonyl (C=O) groups excluding carboxylic acids is 3. The van der Waals surface area contributed by atoms with Crippen LogP contribution in [0.25, 0.3) is 0 Å². The second-order valence-electron chi connectivity index (χ2n) is 13.6. The zero-order valence-corrected chi connectivity index (χ0v) is 31.3. The molecule has 0 aliphatic heterocycles. The molecule has 0 radical (unpaired) electrons. The Hall–Kier alpha value is -1.85. The lowest BCUT2D eigenvalue weighted by Gasteiger charge is -2.18. The number of unbranched alkanes of at least 4 members (excludes halogenated alkanes) is 23. The van der Waals surface area contributed by atoms with Crippen LogP contribution < -0.4 is 0 Å². The van der Waals surface area contributed by atoms with Crippen molar-refractivity contribution < 1.29 is 28.6 Å². The van der Waals surface area contributed by atoms with Gasteiger partial charge in [0.1, 0.15) is 13.2 Å². The molecule has 0 fully saturated rings. The molecule has 276 valence electrons. The van der Waals surface area contributed by atoms with Crippen LogP contribution in [0.3, 0.4) is 0 Å². The van der Waals surface area contributed by atoms with Crippen molar-refractivity contribution in [2.45, 2.75) is 219 Å². The number of hydrogen-bond donors (Lipinski definition) is 0. The first kappa shape index (κ1) is 45.2. The maximum absolute atomic E-state index is 12.6. The molecule has 47 heavy (non-hydrogen) atoms. The van der Waals surface area contributed by atoms with Gasteiger partial charge in [0.25, 0.3) is 0 Å². The molecule has 0 rings (SSSR count). The summed E-state index contributed by atoms with van der Waals surface area (Å²) in [6, 6.07) is 0. The lowest BCUT2D eigenvalue weighted by molar-refractivity contribution is -0.167. The average molecular weight is 665 g/mol. The average Bonchev–Trinajstić information content (AvgIpc) is 3.06. The van der Waals surface area contributed by atoms with Gasteiger partial charge in [-0.05, 0) is 38.5 Å². The van der Waals surface area contributed by atoms with Crippen LogP contribution in [-0.4, -0.2) is 37.2 Å². The Balaban J connectivity index is 4.35. The van der Waals surface area contributed by atoms with Crippen molar-refractivity contribution in [3.8, 4) is 0 Å². The third-order valence-electron chi connectivity index (χ3n) is 8.77. The van der Waals surface area contributed by atoms with Gasteiger partial charge in [-0.1, -0.05) is 168 Å². The Kier molecular flexibility index (Phi) is 35.5. The highest BCUT2D eigenvalue weighted by molar-refractivity contribution is 5.71. The first-order valence-electron chi connectivity index (χ1n) is 20.2. The van der Waals surface area contributed by atoms with Gasteiger partial charge in [0.15, 0.2) is 6.10 Å². The maximum Gasteiger partial charge on any atom is 0.306 e. The molecule has 0 amide bonds. The van der Waals surface area contributed by atoms with Gasteiger partial charge < -0.3 is 14.2 Å². The molecule has 0 saturated heterocycles. The van der Waals surface area contributed by atoms with Gasteiger partial charge in [-0.25, -0.2) is 0 Å². The number of hydrogen-bond acceptors (Lipinski definition) is 6. The smallest absolute Gasteiger partial charge is 0.306 e. The number of carbonyl (C=O) groups is 3. The number of allylic oxidation sites excluding steroid dienone is 2. The van der Waals surface area contributed by atoms with Crippen LogP contribution in [0.2, 0.25) is 0 Å². The summed E-state index contributed by atoms with van der Waals surface area (Å²) in [7, 11) is 0. The van der Waals surface area contributed by atoms with Crippen LogP contribution >= 0.6 is 0 Å². The van der Waals surface area contributed by atoms with E-state index in [4.69, 9.17) is 14.2 Å². The predicted molar refractivity (Wildman–Crippen MR) is 196 cm³/mol. The Morgan fingerprint density at radius 3 is 1.13 bits per heavy atom. The van der Waals surface area contributed by atoms with Gasteiger partial charge in [0.2, 0.25) is 0 Å². The van der Waals surface area contributed by atoms with E-state index in [1.165, 1.54) is 109 Å². The highest BCUT2D eigenvalue weighted by atomic mass is 16.6. The lowest BCUT2D eigenvalue weighted by atomic mass is 10.1. The van der Waals surface area contributed by atoms with Gasteiger partial charge >= 0.3 is 17.9 Å². The van der Waals surface area contributed by atoms with E-state index in [1.807, 2.05) is 0 Å². The Morgan fingerprint density at radius 2 is 0.723 bits per heavy atom. The highest BCUT2D eigenvalue weighted by Gasteiger charge is 2.19. The summed E-state index contributed by atoms with van der Waals surface area (Å²) in [4.78, 5) is 37.4. The van der Waals surface area contributed by atoms with Crippen molar-refractivity contribution in [1.82, 2.24) is 0 Å². The molecule has 0 N–H and O–H groups in total. The van der Waals surface area contributed by atoms with Crippen LogP contribution in [0.5, 0.6) is 0 Å². The Labute approximate surface area is 290 Å². The fourth-order valence-electron chi connectivity index (χ4n) is 5.66. The van der Waals surface area contributed by atoms with E-state index in [2.05, 4.69) is 32.9 Å². The second-order valence-corrected chi connectivity index (χ2v) is 13.6. The molecule has 0 aliphatic carbocycles. The first-order chi connectivity index (χ1) is 23.0. The molecule has 6 heteroatoms. The van der Waals surface area contributed by atoms with Crippen molar-refractivity contribution in [3.05, 3.63) is 12.2 Å². The van der Waals surface area contributed by atoms with Gasteiger partial charge in [0.05, 0.1) is 0 Å². The van der Waals surface area contributed by atoms with E-state index in [0.29, 0.717) is 19.3 Å². The van der Waals surface area contributed by atoms with E-state index < -0.39 is 6.10 Å². The summed E-state index contributed by atoms with van der Waals surface area (Å²) in [6.07, 6.45) is 36.2. The van der Waals surface area contributed by atoms with E-state index in [-0.39, 0.29) is 31.1 Å². The van der Waals surface area contributed by atoms with Crippen molar-refractivity contribution in [2.24, 2.45) is 0 Å². The zero-order valence-electron chi connectivity index (χ0n) is 31.3. The van der Waals surface area contributed by atoms with Crippen LogP contribution in [-0.2, 0) is 28.6 Å². The monoisotopic (exact) mass is 665 g/mol. The van der Waals surface area contributed by atoms with E-state index >= 15 is 0 Å². The summed E-state index contributed by atoms with van der Waals surface area (Å²) in [5.41, 5.74) is 0. The third kappa shape index (κ3) is 35.3. The molecule has 1 atom stereocenters. The third-order valence-corrected chi connectivity index (χ3v) is 8.77. The van der Waals surface area contributed by atoms with Crippen molar-refractivity contribution in [1.29, 1.82) is 0 Å². The predicted octanol–water partition coefficient (Wildman–Crippen LogP) is 12.3. The number of ether oxygens (including phenoxy) is 3. The van der Waals surface area contributed by atoms with Crippen molar-refractivity contribution in [2.75, 3.05) is 13.2 Å². The van der Waals surface area contributed by atoms with E-state index in [9.17, 15) is 14.4 Å². The van der Waals surface area contributed by atoms with Crippen LogP contribution in [0.1, 0.15) is 213 Å². The van der Waals surface area contributed by atoms with Crippen molar-refractivity contribution in [3.63, 3.8) is 0 Å². The second kappa shape index (κ2) is 37.0. The normalized spacial score (nSPS) is 12.0. The molecule has 6 nitrogen and oxygen atoms in total. The summed E-state index contributed by atoms with van der Waals surface area (Å²) in [6.45, 7) is 6.54. The summed E-state index contributed by atoms with van der Waals surface area (Å²) < 4.78 is 16.6. The number of esters is 3. The molecule has 0 bridgehead atoms. The summed E-state index contributed by atoms with van der Waals surface area (Å²) in [5.74, 6) is -0.884. The van der Waals surface area contributed by atoms with Crippen LogP contribution in [0.4, 0.5) is 0 Å².